The number of primary amides is 1. The van der Waals surface area contributed by atoms with Crippen molar-refractivity contribution in [3.8, 4) is 23.3 Å². The standard InChI is InChI=1S/C32H33N3O8/c1-34(2)21-14-16(9-6-15-7-10-18(43-5)11-8-15)26(36)23-19(21)12-17-13-20-25(35(3)4)28(38)24(31(33)41)30(40)32(20,42)29(39)22(17)27(23)37/h7-8,10-11,14,17,20,22,24-25,36,42H,12-13H2,1-5H3,(H2,33,41)/t17-,20-,22?,24?,25-,32-/m1/s1. The Balaban J connectivity index is 1.63. The van der Waals surface area contributed by atoms with Crippen molar-refractivity contribution in [2.75, 3.05) is 40.2 Å². The van der Waals surface area contributed by atoms with Gasteiger partial charge in [0.1, 0.15) is 11.5 Å². The van der Waals surface area contributed by atoms with E-state index in [4.69, 9.17) is 10.5 Å². The van der Waals surface area contributed by atoms with E-state index in [2.05, 4.69) is 11.8 Å². The average Bonchev–Trinajstić information content (AvgIpc) is 2.94. The molecular formula is C32H33N3O8. The summed E-state index contributed by atoms with van der Waals surface area (Å²) in [5.41, 5.74) is 4.42. The number of carbonyl (C=O) groups is 5. The number of phenolic OH excluding ortho intramolecular Hbond substituents is 1. The Hall–Kier alpha value is -4.53. The van der Waals surface area contributed by atoms with Crippen molar-refractivity contribution in [2.45, 2.75) is 24.5 Å². The number of aliphatic hydroxyl groups is 1. The number of hydrogen-bond donors (Lipinski definition) is 3. The molecule has 0 aromatic heterocycles. The van der Waals surface area contributed by atoms with Crippen LogP contribution in [0.2, 0.25) is 0 Å². The molecule has 2 aromatic carbocycles. The van der Waals surface area contributed by atoms with Crippen LogP contribution in [0.15, 0.2) is 30.3 Å². The van der Waals surface area contributed by atoms with E-state index >= 15 is 0 Å². The van der Waals surface area contributed by atoms with E-state index in [1.165, 1.54) is 4.90 Å². The third kappa shape index (κ3) is 4.49. The molecule has 1 amide bonds. The lowest BCUT2D eigenvalue weighted by Gasteiger charge is -2.52. The summed E-state index contributed by atoms with van der Waals surface area (Å²) < 4.78 is 5.17. The molecule has 5 rings (SSSR count). The van der Waals surface area contributed by atoms with Gasteiger partial charge in [-0.2, -0.15) is 0 Å². The molecule has 0 radical (unpaired) electrons. The highest BCUT2D eigenvalue weighted by molar-refractivity contribution is 6.32. The fourth-order valence-electron chi connectivity index (χ4n) is 6.96. The number of ketones is 4. The van der Waals surface area contributed by atoms with Crippen molar-refractivity contribution < 1.29 is 38.9 Å². The number of nitrogens with two attached hydrogens (primary N) is 1. The van der Waals surface area contributed by atoms with Crippen LogP contribution in [-0.2, 0) is 25.6 Å². The van der Waals surface area contributed by atoms with E-state index < -0.39 is 70.1 Å². The van der Waals surface area contributed by atoms with Gasteiger partial charge >= 0.3 is 0 Å². The van der Waals surface area contributed by atoms with Gasteiger partial charge in [-0.1, -0.05) is 11.8 Å². The Labute approximate surface area is 248 Å². The molecule has 2 unspecified atom stereocenters. The van der Waals surface area contributed by atoms with Gasteiger partial charge < -0.3 is 25.6 Å². The molecule has 0 spiro atoms. The third-order valence-electron chi connectivity index (χ3n) is 8.95. The highest BCUT2D eigenvalue weighted by Crippen LogP contribution is 2.52. The van der Waals surface area contributed by atoms with Gasteiger partial charge in [-0.15, -0.1) is 0 Å². The van der Waals surface area contributed by atoms with Crippen LogP contribution in [0.5, 0.6) is 11.5 Å². The quantitative estimate of drug-likeness (QED) is 0.335. The monoisotopic (exact) mass is 587 g/mol. The zero-order valence-electron chi connectivity index (χ0n) is 24.5. The summed E-state index contributed by atoms with van der Waals surface area (Å²) in [6, 6.07) is 7.48. The molecule has 0 aliphatic heterocycles. The highest BCUT2D eigenvalue weighted by atomic mass is 16.5. The topological polar surface area (TPSA) is 168 Å². The number of Topliss-reactive ketones (excluding diaryl/α,β-unsaturated/α-hetero) is 4. The predicted molar refractivity (Wildman–Crippen MR) is 155 cm³/mol. The van der Waals surface area contributed by atoms with E-state index in [9.17, 15) is 34.2 Å². The fourth-order valence-corrected chi connectivity index (χ4v) is 6.96. The predicted octanol–water partition coefficient (Wildman–Crippen LogP) is 0.341. The van der Waals surface area contributed by atoms with Gasteiger partial charge in [0.05, 0.1) is 30.2 Å². The molecular weight excluding hydrogens is 554 g/mol. The second-order valence-corrected chi connectivity index (χ2v) is 11.8. The summed E-state index contributed by atoms with van der Waals surface area (Å²) in [7, 11) is 8.20. The Kier molecular flexibility index (Phi) is 7.40. The van der Waals surface area contributed by atoms with Crippen LogP contribution in [0.4, 0.5) is 5.69 Å². The molecule has 0 bridgehead atoms. The van der Waals surface area contributed by atoms with Gasteiger partial charge in [0.2, 0.25) is 5.91 Å². The van der Waals surface area contributed by atoms with Crippen molar-refractivity contribution in [3.63, 3.8) is 0 Å². The number of nitrogens with zero attached hydrogens (tertiary/aromatic N) is 2. The number of hydrogen-bond acceptors (Lipinski definition) is 10. The number of anilines is 1. The first-order valence-electron chi connectivity index (χ1n) is 13.8. The average molecular weight is 588 g/mol. The molecule has 224 valence electrons. The number of likely N-dealkylation sites (N-methyl/N-ethyl adjacent to an activating group) is 1. The number of phenols is 1. The molecule has 2 fully saturated rings. The number of amides is 1. The highest BCUT2D eigenvalue weighted by Gasteiger charge is 2.69. The normalized spacial score (nSPS) is 27.9. The lowest BCUT2D eigenvalue weighted by Crippen LogP contribution is -2.74. The van der Waals surface area contributed by atoms with Crippen molar-refractivity contribution in [1.29, 1.82) is 0 Å². The first-order valence-corrected chi connectivity index (χ1v) is 13.8. The van der Waals surface area contributed by atoms with Gasteiger partial charge in [-0.05, 0) is 68.8 Å². The van der Waals surface area contributed by atoms with Gasteiger partial charge in [-0.25, -0.2) is 0 Å². The first-order chi connectivity index (χ1) is 20.2. The summed E-state index contributed by atoms with van der Waals surface area (Å²) in [5, 5.41) is 23.1. The number of aromatic hydroxyl groups is 1. The van der Waals surface area contributed by atoms with Crippen LogP contribution >= 0.6 is 0 Å². The summed E-state index contributed by atoms with van der Waals surface area (Å²) in [4.78, 5) is 70.3. The summed E-state index contributed by atoms with van der Waals surface area (Å²) in [6.45, 7) is 0. The van der Waals surface area contributed by atoms with Gasteiger partial charge in [0.25, 0.3) is 0 Å². The second kappa shape index (κ2) is 10.6. The molecule has 0 saturated heterocycles. The lowest BCUT2D eigenvalue weighted by atomic mass is 9.52. The van der Waals surface area contributed by atoms with Crippen LogP contribution in [0, 0.1) is 35.5 Å². The van der Waals surface area contributed by atoms with Crippen molar-refractivity contribution >= 4 is 34.7 Å². The molecule has 43 heavy (non-hydrogen) atoms. The number of methoxy groups -OCH3 is 1. The van der Waals surface area contributed by atoms with Crippen LogP contribution in [-0.4, -0.2) is 91.1 Å². The van der Waals surface area contributed by atoms with Crippen molar-refractivity contribution in [2.24, 2.45) is 29.4 Å². The molecule has 3 aliphatic carbocycles. The molecule has 11 nitrogen and oxygen atoms in total. The Morgan fingerprint density at radius 2 is 1.70 bits per heavy atom. The van der Waals surface area contributed by atoms with Crippen molar-refractivity contribution in [3.05, 3.63) is 52.6 Å². The van der Waals surface area contributed by atoms with Crippen LogP contribution in [0.1, 0.15) is 33.5 Å². The second-order valence-electron chi connectivity index (χ2n) is 11.8. The molecule has 2 aromatic rings. The van der Waals surface area contributed by atoms with E-state index in [-0.39, 0.29) is 24.0 Å². The van der Waals surface area contributed by atoms with Gasteiger partial charge in [0.15, 0.2) is 34.7 Å². The van der Waals surface area contributed by atoms with Gasteiger partial charge in [-0.3, -0.25) is 28.9 Å². The Morgan fingerprint density at radius 1 is 1.05 bits per heavy atom. The first kappa shape index (κ1) is 29.9. The van der Waals surface area contributed by atoms with Gasteiger partial charge in [0, 0.05) is 31.3 Å². The molecule has 3 aliphatic rings. The SMILES string of the molecule is COc1ccc(C#Cc2cc(N(C)C)c3c(c2O)C(=O)C2C(=O)[C@@]4(O)C(=O)C(C(N)=O)C(=O)[C@H](N(C)C)[C@H]4C[C@H]2C3)cc1. The van der Waals surface area contributed by atoms with E-state index in [0.717, 1.165) is 0 Å². The minimum Gasteiger partial charge on any atom is -0.506 e. The maximum atomic E-state index is 14.1. The maximum absolute atomic E-state index is 14.1. The fraction of sp³-hybridized carbons (Fsp3) is 0.406. The molecule has 2 saturated carbocycles. The number of rotatable bonds is 4. The third-order valence-corrected chi connectivity index (χ3v) is 8.95. The molecule has 0 heterocycles. The lowest BCUT2D eigenvalue weighted by molar-refractivity contribution is -0.181. The number of ether oxygens (including phenoxy) is 1. The number of carbonyl (C=O) groups excluding carboxylic acids is 5. The summed E-state index contributed by atoms with van der Waals surface area (Å²) >= 11 is 0. The minimum absolute atomic E-state index is 0.0173. The van der Waals surface area contributed by atoms with Crippen LogP contribution < -0.4 is 15.4 Å². The van der Waals surface area contributed by atoms with Crippen LogP contribution in [0.25, 0.3) is 0 Å². The number of fused-ring (bicyclic) bond motifs is 3. The van der Waals surface area contributed by atoms with E-state index in [1.807, 2.05) is 0 Å². The Bertz CT molecular complexity index is 1630. The molecule has 11 heteroatoms. The summed E-state index contributed by atoms with van der Waals surface area (Å²) in [5.74, 6) is -4.41. The molecule has 4 N–H and O–H groups in total. The zero-order valence-corrected chi connectivity index (χ0v) is 24.5. The smallest absolute Gasteiger partial charge is 0.235 e. The van der Waals surface area contributed by atoms with Crippen molar-refractivity contribution in [1.82, 2.24) is 4.90 Å². The zero-order chi connectivity index (χ0) is 31.5. The number of benzene rings is 2. The minimum atomic E-state index is -2.78. The molecule has 6 atom stereocenters. The Morgan fingerprint density at radius 3 is 2.26 bits per heavy atom. The van der Waals surface area contributed by atoms with Crippen LogP contribution in [0.3, 0.4) is 0 Å². The largest absolute Gasteiger partial charge is 0.506 e. The summed E-state index contributed by atoms with van der Waals surface area (Å²) in [6.07, 6.45) is 0.148. The van der Waals surface area contributed by atoms with E-state index in [0.29, 0.717) is 22.6 Å². The maximum Gasteiger partial charge on any atom is 0.235 e. The van der Waals surface area contributed by atoms with E-state index in [1.54, 1.807) is 70.5 Å².